The molecular formula is C18H29N3. The molecule has 1 aromatic rings. The van der Waals surface area contributed by atoms with Crippen molar-refractivity contribution < 1.29 is 0 Å². The molecule has 0 radical (unpaired) electrons. The summed E-state index contributed by atoms with van der Waals surface area (Å²) in [4.78, 5) is 0. The maximum Gasteiger partial charge on any atom is 0.0716 e. The summed E-state index contributed by atoms with van der Waals surface area (Å²) in [6, 6.07) is 5.77. The molecular weight excluding hydrogens is 258 g/mol. The summed E-state index contributed by atoms with van der Waals surface area (Å²) in [7, 11) is 0. The lowest BCUT2D eigenvalue weighted by Gasteiger charge is -2.08. The monoisotopic (exact) mass is 287 g/mol. The molecule has 0 atom stereocenters. The lowest BCUT2D eigenvalue weighted by atomic mass is 10.0. The van der Waals surface area contributed by atoms with Crippen molar-refractivity contribution in [2.75, 3.05) is 11.2 Å². The number of nitrogens with two attached hydrogens (primary N) is 2. The second kappa shape index (κ2) is 14.2. The van der Waals surface area contributed by atoms with E-state index >= 15 is 0 Å². The van der Waals surface area contributed by atoms with Gasteiger partial charge in [0, 0.05) is 0 Å². The Balaban J connectivity index is 0. The summed E-state index contributed by atoms with van der Waals surface area (Å²) in [6.07, 6.45) is 6.09. The van der Waals surface area contributed by atoms with E-state index < -0.39 is 0 Å². The van der Waals surface area contributed by atoms with Gasteiger partial charge in [0.05, 0.1) is 11.4 Å². The Bertz CT molecular complexity index is 497. The maximum atomic E-state index is 5.83. The van der Waals surface area contributed by atoms with Gasteiger partial charge in [-0.3, -0.25) is 5.84 Å². The SMILES string of the molecule is C/C=C\C(=C/C)c1ccc(NN)c(N)c1.CC.CC#CC. The predicted octanol–water partition coefficient (Wildman–Crippen LogP) is 4.59. The highest BCUT2D eigenvalue weighted by atomic mass is 15.2. The quantitative estimate of drug-likeness (QED) is 0.250. The van der Waals surface area contributed by atoms with E-state index in [0.717, 1.165) is 16.8 Å². The van der Waals surface area contributed by atoms with Crippen LogP contribution < -0.4 is 17.0 Å². The van der Waals surface area contributed by atoms with E-state index in [1.807, 2.05) is 78.0 Å². The Morgan fingerprint density at radius 1 is 1.14 bits per heavy atom. The fraction of sp³-hybridized carbons (Fsp3) is 0.333. The number of hydrogen-bond donors (Lipinski definition) is 3. The Kier molecular flexibility index (Phi) is 14.3. The average molecular weight is 287 g/mol. The fourth-order valence-electron chi connectivity index (χ4n) is 1.41. The van der Waals surface area contributed by atoms with Gasteiger partial charge in [0.25, 0.3) is 0 Å². The molecule has 0 amide bonds. The second-order valence-corrected chi connectivity index (χ2v) is 3.69. The van der Waals surface area contributed by atoms with E-state index in [1.54, 1.807) is 0 Å². The van der Waals surface area contributed by atoms with Gasteiger partial charge in [-0.25, -0.2) is 0 Å². The predicted molar refractivity (Wildman–Crippen MR) is 97.6 cm³/mol. The first kappa shape index (κ1) is 21.1. The second-order valence-electron chi connectivity index (χ2n) is 3.69. The zero-order valence-corrected chi connectivity index (χ0v) is 14.1. The van der Waals surface area contributed by atoms with E-state index in [4.69, 9.17) is 11.6 Å². The highest BCUT2D eigenvalue weighted by Crippen LogP contribution is 2.24. The molecule has 5 N–H and O–H groups in total. The molecule has 0 aliphatic heterocycles. The molecule has 0 aliphatic rings. The lowest BCUT2D eigenvalue weighted by molar-refractivity contribution is 1.35. The van der Waals surface area contributed by atoms with Gasteiger partial charge >= 0.3 is 0 Å². The van der Waals surface area contributed by atoms with Crippen LogP contribution in [-0.4, -0.2) is 0 Å². The van der Waals surface area contributed by atoms with Crippen LogP contribution in [-0.2, 0) is 0 Å². The number of hydrogen-bond acceptors (Lipinski definition) is 3. The van der Waals surface area contributed by atoms with Crippen molar-refractivity contribution in [2.24, 2.45) is 5.84 Å². The van der Waals surface area contributed by atoms with Crippen LogP contribution in [0, 0.1) is 11.8 Å². The molecule has 0 unspecified atom stereocenters. The standard InChI is InChI=1S/C12H17N3.C4H6.C2H6/c1-3-5-9(4-2)10-6-7-12(15-14)11(13)8-10;1-3-4-2;1-2/h3-8,15H,13-14H2,1-2H3;1-2H3;1-2H3/b5-3-,9-4+;;. The number of nitrogen functional groups attached to an aromatic ring is 2. The number of allylic oxidation sites excluding steroid dienone is 4. The summed E-state index contributed by atoms with van der Waals surface area (Å²) in [5.41, 5.74) is 12.0. The van der Waals surface area contributed by atoms with Crippen LogP contribution in [0.15, 0.2) is 36.4 Å². The van der Waals surface area contributed by atoms with Crippen LogP contribution in [0.25, 0.3) is 5.57 Å². The van der Waals surface area contributed by atoms with Crippen LogP contribution in [0.1, 0.15) is 47.1 Å². The maximum absolute atomic E-state index is 5.83. The molecule has 0 aromatic heterocycles. The molecule has 1 rings (SSSR count). The van der Waals surface area contributed by atoms with Gasteiger partial charge in [0.15, 0.2) is 0 Å². The van der Waals surface area contributed by atoms with Gasteiger partial charge in [0.1, 0.15) is 0 Å². The Labute approximate surface area is 130 Å². The minimum Gasteiger partial charge on any atom is -0.397 e. The third-order valence-corrected chi connectivity index (χ3v) is 2.45. The highest BCUT2D eigenvalue weighted by molar-refractivity contribution is 5.79. The van der Waals surface area contributed by atoms with Crippen LogP contribution in [0.3, 0.4) is 0 Å². The number of rotatable bonds is 3. The molecule has 0 fully saturated rings. The minimum absolute atomic E-state index is 0.652. The third kappa shape index (κ3) is 8.56. The van der Waals surface area contributed by atoms with E-state index in [9.17, 15) is 0 Å². The molecule has 21 heavy (non-hydrogen) atoms. The van der Waals surface area contributed by atoms with Crippen LogP contribution in [0.4, 0.5) is 11.4 Å². The number of benzene rings is 1. The van der Waals surface area contributed by atoms with Crippen LogP contribution >= 0.6 is 0 Å². The first-order chi connectivity index (χ1) is 10.1. The highest BCUT2D eigenvalue weighted by Gasteiger charge is 2.01. The van der Waals surface area contributed by atoms with E-state index in [-0.39, 0.29) is 0 Å². The van der Waals surface area contributed by atoms with Crippen molar-refractivity contribution in [3.05, 3.63) is 42.0 Å². The normalized spacial score (nSPS) is 9.57. The van der Waals surface area contributed by atoms with Crippen molar-refractivity contribution in [2.45, 2.75) is 41.5 Å². The van der Waals surface area contributed by atoms with Crippen molar-refractivity contribution in [3.8, 4) is 11.8 Å². The van der Waals surface area contributed by atoms with Crippen molar-refractivity contribution in [3.63, 3.8) is 0 Å². The fourth-order valence-corrected chi connectivity index (χ4v) is 1.41. The average Bonchev–Trinajstić information content (AvgIpc) is 2.54. The zero-order chi connectivity index (χ0) is 16.7. The topological polar surface area (TPSA) is 64.1 Å². The molecule has 3 nitrogen and oxygen atoms in total. The number of anilines is 2. The molecule has 0 saturated carbocycles. The van der Waals surface area contributed by atoms with Gasteiger partial charge in [-0.15, -0.1) is 11.8 Å². The Hall–Kier alpha value is -2.18. The summed E-state index contributed by atoms with van der Waals surface area (Å²) in [5.74, 6) is 10.7. The summed E-state index contributed by atoms with van der Waals surface area (Å²) in [6.45, 7) is 11.6. The summed E-state index contributed by atoms with van der Waals surface area (Å²) < 4.78 is 0. The first-order valence-electron chi connectivity index (χ1n) is 7.13. The van der Waals surface area contributed by atoms with E-state index in [2.05, 4.69) is 17.3 Å². The van der Waals surface area contributed by atoms with Crippen molar-refractivity contribution in [1.82, 2.24) is 0 Å². The van der Waals surface area contributed by atoms with Gasteiger partial charge in [-0.05, 0) is 51.0 Å². The summed E-state index contributed by atoms with van der Waals surface area (Å²) >= 11 is 0. The van der Waals surface area contributed by atoms with Gasteiger partial charge < -0.3 is 11.2 Å². The molecule has 3 heteroatoms. The zero-order valence-electron chi connectivity index (χ0n) is 14.1. The summed E-state index contributed by atoms with van der Waals surface area (Å²) in [5, 5.41) is 0. The molecule has 0 aliphatic carbocycles. The van der Waals surface area contributed by atoms with E-state index in [0.29, 0.717) is 5.69 Å². The van der Waals surface area contributed by atoms with Crippen molar-refractivity contribution in [1.29, 1.82) is 0 Å². The van der Waals surface area contributed by atoms with Crippen LogP contribution in [0.2, 0.25) is 0 Å². The molecule has 1 aromatic carbocycles. The number of hydrazine groups is 1. The van der Waals surface area contributed by atoms with Gasteiger partial charge in [-0.1, -0.05) is 38.1 Å². The number of nitrogens with one attached hydrogen (secondary N) is 1. The largest absolute Gasteiger partial charge is 0.397 e. The van der Waals surface area contributed by atoms with Gasteiger partial charge in [0.2, 0.25) is 0 Å². The molecule has 0 saturated heterocycles. The van der Waals surface area contributed by atoms with Gasteiger partial charge in [-0.2, -0.15) is 0 Å². The van der Waals surface area contributed by atoms with E-state index in [1.165, 1.54) is 0 Å². The Morgan fingerprint density at radius 3 is 2.05 bits per heavy atom. The lowest BCUT2D eigenvalue weighted by Crippen LogP contribution is -2.09. The Morgan fingerprint density at radius 2 is 1.71 bits per heavy atom. The smallest absolute Gasteiger partial charge is 0.0716 e. The first-order valence-corrected chi connectivity index (χ1v) is 7.13. The molecule has 116 valence electrons. The molecule has 0 spiro atoms. The minimum atomic E-state index is 0.652. The molecule has 0 bridgehead atoms. The van der Waals surface area contributed by atoms with Crippen LogP contribution in [0.5, 0.6) is 0 Å². The molecule has 0 heterocycles. The third-order valence-electron chi connectivity index (χ3n) is 2.45. The van der Waals surface area contributed by atoms with Crippen molar-refractivity contribution >= 4 is 16.9 Å².